The Labute approximate surface area is 94.4 Å². The highest BCUT2D eigenvalue weighted by Gasteiger charge is 2.38. The molecule has 1 rings (SSSR count). The molecule has 9 heteroatoms. The Morgan fingerprint density at radius 1 is 1.41 bits per heavy atom. The number of hydrogen-bond donors (Lipinski definition) is 1. The summed E-state index contributed by atoms with van der Waals surface area (Å²) in [5.74, 6) is -1.06. The van der Waals surface area contributed by atoms with Crippen LogP contribution in [0.4, 0.5) is 13.2 Å². The summed E-state index contributed by atoms with van der Waals surface area (Å²) in [6.45, 7) is 0. The standard InChI is InChI=1S/C8H7F3N2O3S/c1-17(15,16)5-2-4(7(12)14)3-13-6(5)8(9,10)11/h2-3H,1H3,(H2,12,14). The number of halogens is 3. The van der Waals surface area contributed by atoms with Crippen molar-refractivity contribution < 1.29 is 26.4 Å². The Kier molecular flexibility index (Phi) is 3.15. The second-order valence-electron chi connectivity index (χ2n) is 3.20. The summed E-state index contributed by atoms with van der Waals surface area (Å²) in [7, 11) is -4.16. The maximum absolute atomic E-state index is 12.5. The highest BCUT2D eigenvalue weighted by atomic mass is 32.2. The molecule has 0 saturated heterocycles. The molecular formula is C8H7F3N2O3S. The predicted octanol–water partition coefficient (Wildman–Crippen LogP) is 0.603. The number of aromatic nitrogens is 1. The van der Waals surface area contributed by atoms with Gasteiger partial charge in [-0.1, -0.05) is 0 Å². The number of nitrogens with two attached hydrogens (primary N) is 1. The molecule has 1 aromatic rings. The van der Waals surface area contributed by atoms with E-state index in [1.807, 2.05) is 0 Å². The first-order chi connectivity index (χ1) is 7.53. The molecule has 0 aromatic carbocycles. The minimum absolute atomic E-state index is 0.404. The fraction of sp³-hybridized carbons (Fsp3) is 0.250. The predicted molar refractivity (Wildman–Crippen MR) is 50.9 cm³/mol. The summed E-state index contributed by atoms with van der Waals surface area (Å²) in [5.41, 5.74) is 2.86. The second kappa shape index (κ2) is 3.99. The van der Waals surface area contributed by atoms with Gasteiger partial charge in [0.15, 0.2) is 15.5 Å². The van der Waals surface area contributed by atoms with Gasteiger partial charge in [0.1, 0.15) is 0 Å². The molecular weight excluding hydrogens is 261 g/mol. The van der Waals surface area contributed by atoms with Gasteiger partial charge in [0, 0.05) is 12.5 Å². The quantitative estimate of drug-likeness (QED) is 0.850. The van der Waals surface area contributed by atoms with Gasteiger partial charge in [-0.15, -0.1) is 0 Å². The van der Waals surface area contributed by atoms with Crippen LogP contribution in [-0.2, 0) is 16.0 Å². The van der Waals surface area contributed by atoms with Crippen molar-refractivity contribution in [3.63, 3.8) is 0 Å². The van der Waals surface area contributed by atoms with E-state index in [1.54, 1.807) is 0 Å². The number of pyridine rings is 1. The molecule has 1 aromatic heterocycles. The maximum Gasteiger partial charge on any atom is 0.434 e. The van der Waals surface area contributed by atoms with Gasteiger partial charge in [-0.3, -0.25) is 4.79 Å². The molecule has 94 valence electrons. The zero-order valence-corrected chi connectivity index (χ0v) is 9.26. The van der Waals surface area contributed by atoms with Gasteiger partial charge in [0.2, 0.25) is 5.91 Å². The molecule has 0 unspecified atom stereocenters. The van der Waals surface area contributed by atoms with Crippen molar-refractivity contribution in [2.75, 3.05) is 6.26 Å². The molecule has 0 saturated carbocycles. The minimum atomic E-state index is -4.92. The van der Waals surface area contributed by atoms with Crippen LogP contribution in [0, 0.1) is 0 Å². The van der Waals surface area contributed by atoms with E-state index in [9.17, 15) is 26.4 Å². The second-order valence-corrected chi connectivity index (χ2v) is 5.19. The lowest BCUT2D eigenvalue weighted by atomic mass is 10.2. The van der Waals surface area contributed by atoms with Crippen LogP contribution in [0.15, 0.2) is 17.2 Å². The molecule has 0 fully saturated rings. The van der Waals surface area contributed by atoms with E-state index in [2.05, 4.69) is 4.98 Å². The molecule has 1 amide bonds. The first-order valence-electron chi connectivity index (χ1n) is 4.10. The Hall–Kier alpha value is -1.64. The van der Waals surface area contributed by atoms with Crippen LogP contribution in [-0.4, -0.2) is 25.6 Å². The summed E-state index contributed by atoms with van der Waals surface area (Å²) in [6, 6.07) is 0.563. The van der Waals surface area contributed by atoms with Gasteiger partial charge in [0.25, 0.3) is 0 Å². The average Bonchev–Trinajstić information content (AvgIpc) is 2.14. The van der Waals surface area contributed by atoms with Gasteiger partial charge < -0.3 is 5.73 Å². The Bertz CT molecular complexity index is 566. The van der Waals surface area contributed by atoms with Gasteiger partial charge in [-0.05, 0) is 6.07 Å². The van der Waals surface area contributed by atoms with Crippen LogP contribution in [0.25, 0.3) is 0 Å². The lowest BCUT2D eigenvalue weighted by Crippen LogP contribution is -2.18. The monoisotopic (exact) mass is 268 g/mol. The van der Waals surface area contributed by atoms with Crippen LogP contribution in [0.2, 0.25) is 0 Å². The number of carbonyl (C=O) groups is 1. The fourth-order valence-corrected chi connectivity index (χ4v) is 1.94. The minimum Gasteiger partial charge on any atom is -0.366 e. The molecule has 0 aliphatic rings. The third-order valence-electron chi connectivity index (χ3n) is 1.81. The van der Waals surface area contributed by atoms with Crippen molar-refractivity contribution >= 4 is 15.7 Å². The van der Waals surface area contributed by atoms with E-state index in [-0.39, 0.29) is 0 Å². The molecule has 0 atom stereocenters. The molecule has 0 spiro atoms. The number of rotatable bonds is 2. The van der Waals surface area contributed by atoms with Crippen molar-refractivity contribution in [1.82, 2.24) is 4.98 Å². The van der Waals surface area contributed by atoms with Crippen LogP contribution < -0.4 is 5.73 Å². The van der Waals surface area contributed by atoms with Crippen LogP contribution in [0.5, 0.6) is 0 Å². The molecule has 0 aliphatic heterocycles. The van der Waals surface area contributed by atoms with Gasteiger partial charge in [0.05, 0.1) is 10.5 Å². The number of hydrogen-bond acceptors (Lipinski definition) is 4. The summed E-state index contributed by atoms with van der Waals surface area (Å²) in [6.07, 6.45) is -3.75. The van der Waals surface area contributed by atoms with E-state index in [0.29, 0.717) is 18.5 Å². The van der Waals surface area contributed by atoms with Crippen molar-refractivity contribution in [3.8, 4) is 0 Å². The van der Waals surface area contributed by atoms with Crippen LogP contribution in [0.1, 0.15) is 16.1 Å². The average molecular weight is 268 g/mol. The summed E-state index contributed by atoms with van der Waals surface area (Å²) in [4.78, 5) is 12.6. The number of nitrogens with zero attached hydrogens (tertiary/aromatic N) is 1. The highest BCUT2D eigenvalue weighted by molar-refractivity contribution is 7.90. The summed E-state index contributed by atoms with van der Waals surface area (Å²) in [5, 5.41) is 0. The molecule has 0 radical (unpaired) electrons. The third-order valence-corrected chi connectivity index (χ3v) is 2.92. The first kappa shape index (κ1) is 13.4. The fourth-order valence-electron chi connectivity index (χ4n) is 1.07. The molecule has 2 N–H and O–H groups in total. The van der Waals surface area contributed by atoms with Gasteiger partial charge in [-0.2, -0.15) is 13.2 Å². The zero-order chi connectivity index (χ0) is 13.4. The van der Waals surface area contributed by atoms with E-state index < -0.39 is 38.1 Å². The van der Waals surface area contributed by atoms with E-state index >= 15 is 0 Å². The Morgan fingerprint density at radius 2 is 1.94 bits per heavy atom. The molecule has 0 aliphatic carbocycles. The van der Waals surface area contributed by atoms with Gasteiger partial charge >= 0.3 is 6.18 Å². The maximum atomic E-state index is 12.5. The zero-order valence-electron chi connectivity index (χ0n) is 8.45. The normalized spacial score (nSPS) is 12.5. The largest absolute Gasteiger partial charge is 0.434 e. The SMILES string of the molecule is CS(=O)(=O)c1cc(C(N)=O)cnc1C(F)(F)F. The topological polar surface area (TPSA) is 90.1 Å². The van der Waals surface area contributed by atoms with Gasteiger partial charge in [-0.25, -0.2) is 13.4 Å². The number of alkyl halides is 3. The molecule has 1 heterocycles. The van der Waals surface area contributed by atoms with E-state index in [4.69, 9.17) is 5.73 Å². The van der Waals surface area contributed by atoms with E-state index in [0.717, 1.165) is 0 Å². The Balaban J connectivity index is 3.60. The Morgan fingerprint density at radius 3 is 2.29 bits per heavy atom. The number of amides is 1. The van der Waals surface area contributed by atoms with Crippen molar-refractivity contribution in [3.05, 3.63) is 23.5 Å². The third kappa shape index (κ3) is 2.93. The lowest BCUT2D eigenvalue weighted by molar-refractivity contribution is -0.143. The van der Waals surface area contributed by atoms with Crippen LogP contribution >= 0.6 is 0 Å². The van der Waals surface area contributed by atoms with E-state index in [1.165, 1.54) is 0 Å². The molecule has 5 nitrogen and oxygen atoms in total. The molecule has 17 heavy (non-hydrogen) atoms. The van der Waals surface area contributed by atoms with Crippen LogP contribution in [0.3, 0.4) is 0 Å². The first-order valence-corrected chi connectivity index (χ1v) is 5.99. The smallest absolute Gasteiger partial charge is 0.366 e. The lowest BCUT2D eigenvalue weighted by Gasteiger charge is -2.10. The number of sulfone groups is 1. The van der Waals surface area contributed by atoms with Crippen molar-refractivity contribution in [2.45, 2.75) is 11.1 Å². The summed E-state index contributed by atoms with van der Waals surface area (Å²) >= 11 is 0. The number of primary amides is 1. The highest BCUT2D eigenvalue weighted by Crippen LogP contribution is 2.32. The van der Waals surface area contributed by atoms with Crippen molar-refractivity contribution in [2.24, 2.45) is 5.73 Å². The molecule has 0 bridgehead atoms. The number of carbonyl (C=O) groups excluding carboxylic acids is 1. The summed E-state index contributed by atoms with van der Waals surface area (Å²) < 4.78 is 59.8. The van der Waals surface area contributed by atoms with Crippen molar-refractivity contribution in [1.29, 1.82) is 0 Å².